The Morgan fingerprint density at radius 3 is 1.95 bits per heavy atom. The van der Waals surface area contributed by atoms with Crippen LogP contribution >= 0.6 is 0 Å². The minimum absolute atomic E-state index is 0.0964. The summed E-state index contributed by atoms with van der Waals surface area (Å²) >= 11 is 0. The van der Waals surface area contributed by atoms with Crippen LogP contribution in [0.5, 0.6) is 5.75 Å². The van der Waals surface area contributed by atoms with Gasteiger partial charge in [0.25, 0.3) is 0 Å². The van der Waals surface area contributed by atoms with Crippen LogP contribution in [0.2, 0.25) is 0 Å². The highest BCUT2D eigenvalue weighted by Crippen LogP contribution is 2.26. The Hall–Kier alpha value is -3.72. The van der Waals surface area contributed by atoms with Crippen LogP contribution in [0, 0.1) is 11.8 Å². The van der Waals surface area contributed by atoms with Crippen LogP contribution in [0.25, 0.3) is 0 Å². The monoisotopic (exact) mass is 553 g/mol. The van der Waals surface area contributed by atoms with E-state index in [9.17, 15) is 19.2 Å². The predicted octanol–water partition coefficient (Wildman–Crippen LogP) is 3.78. The number of hydrogen-bond donors (Lipinski definition) is 2. The van der Waals surface area contributed by atoms with Gasteiger partial charge in [0.15, 0.2) is 6.10 Å². The van der Waals surface area contributed by atoms with Crippen molar-refractivity contribution in [3.05, 3.63) is 65.7 Å². The molecular formula is C31H43N3O6. The van der Waals surface area contributed by atoms with E-state index >= 15 is 0 Å². The largest absolute Gasteiger partial charge is 0.483 e. The van der Waals surface area contributed by atoms with Crippen molar-refractivity contribution in [2.45, 2.75) is 64.8 Å². The minimum atomic E-state index is -1.20. The van der Waals surface area contributed by atoms with Gasteiger partial charge in [-0.25, -0.2) is 4.79 Å². The van der Waals surface area contributed by atoms with E-state index in [-0.39, 0.29) is 17.7 Å². The Morgan fingerprint density at radius 1 is 0.850 bits per heavy atom. The van der Waals surface area contributed by atoms with E-state index in [1.165, 1.54) is 7.11 Å². The van der Waals surface area contributed by atoms with Gasteiger partial charge < -0.3 is 20.1 Å². The van der Waals surface area contributed by atoms with Crippen LogP contribution in [0.3, 0.4) is 0 Å². The number of methoxy groups -OCH3 is 1. The van der Waals surface area contributed by atoms with Crippen LogP contribution < -0.4 is 15.4 Å². The third-order valence-corrected chi connectivity index (χ3v) is 6.42. The Bertz CT molecular complexity index is 1100. The van der Waals surface area contributed by atoms with Crippen molar-refractivity contribution in [1.29, 1.82) is 0 Å². The summed E-state index contributed by atoms with van der Waals surface area (Å²) < 4.78 is 11.3. The lowest BCUT2D eigenvalue weighted by Crippen LogP contribution is -2.58. The van der Waals surface area contributed by atoms with Gasteiger partial charge in [-0.15, -0.1) is 0 Å². The average molecular weight is 554 g/mol. The number of nitrogens with one attached hydrogen (secondary N) is 2. The van der Waals surface area contributed by atoms with E-state index in [2.05, 4.69) is 10.6 Å². The molecule has 4 atom stereocenters. The number of hydrogen-bond acceptors (Lipinski definition) is 7. The topological polar surface area (TPSA) is 114 Å². The smallest absolute Gasteiger partial charge is 0.328 e. The van der Waals surface area contributed by atoms with Crippen molar-refractivity contribution >= 4 is 24.1 Å². The van der Waals surface area contributed by atoms with Crippen LogP contribution in [-0.4, -0.2) is 68.3 Å². The van der Waals surface area contributed by atoms with Gasteiger partial charge in [-0.3, -0.25) is 19.3 Å². The number of likely N-dealkylation sites (N-methyl/N-ethyl adjacent to an activating group) is 1. The first-order chi connectivity index (χ1) is 19.0. The summed E-state index contributed by atoms with van der Waals surface area (Å²) in [5.74, 6) is -0.746. The third-order valence-electron chi connectivity index (χ3n) is 6.42. The summed E-state index contributed by atoms with van der Waals surface area (Å²) in [7, 11) is 4.91. The lowest BCUT2D eigenvalue weighted by atomic mass is 9.97. The van der Waals surface area contributed by atoms with Gasteiger partial charge in [-0.2, -0.15) is 0 Å². The normalized spacial score (nSPS) is 14.2. The van der Waals surface area contributed by atoms with Crippen LogP contribution in [0.4, 0.5) is 0 Å². The molecule has 0 fully saturated rings. The molecule has 2 rings (SSSR count). The summed E-state index contributed by atoms with van der Waals surface area (Å²) in [6, 6.07) is 13.0. The van der Waals surface area contributed by atoms with E-state index in [0.29, 0.717) is 29.7 Å². The van der Waals surface area contributed by atoms with Gasteiger partial charge >= 0.3 is 5.97 Å². The molecule has 0 aliphatic carbocycles. The van der Waals surface area contributed by atoms with Crippen molar-refractivity contribution in [3.8, 4) is 5.75 Å². The van der Waals surface area contributed by atoms with Gasteiger partial charge in [-0.1, -0.05) is 58.0 Å². The standard InChI is InChI=1S/C31H43N3O6/c1-20(2)17-25(31(38)39-7)32-30(37)27(33-29(36)26(34(5)6)18-21(3)4)28(23-11-9-8-10-12-23)40-24-15-13-22(19-35)14-16-24/h8-16,19-21,25-28H,17-18H2,1-7H3,(H,32,37)(H,33,36)/t25-,26-,27+,28+/m0/s1. The Kier molecular flexibility index (Phi) is 12.8. The van der Waals surface area contributed by atoms with E-state index in [1.807, 2.05) is 64.9 Å². The van der Waals surface area contributed by atoms with Gasteiger partial charge in [0.1, 0.15) is 24.1 Å². The fourth-order valence-electron chi connectivity index (χ4n) is 4.36. The van der Waals surface area contributed by atoms with Crippen molar-refractivity contribution in [2.75, 3.05) is 21.2 Å². The highest BCUT2D eigenvalue weighted by atomic mass is 16.5. The lowest BCUT2D eigenvalue weighted by molar-refractivity contribution is -0.146. The maximum absolute atomic E-state index is 13.9. The number of carbonyl (C=O) groups is 4. The zero-order chi connectivity index (χ0) is 29.8. The first-order valence-corrected chi connectivity index (χ1v) is 13.6. The molecule has 0 radical (unpaired) electrons. The number of amides is 2. The molecule has 0 spiro atoms. The molecule has 40 heavy (non-hydrogen) atoms. The number of benzene rings is 2. The summed E-state index contributed by atoms with van der Waals surface area (Å²) in [5.41, 5.74) is 1.12. The quantitative estimate of drug-likeness (QED) is 0.255. The highest BCUT2D eigenvalue weighted by molar-refractivity contribution is 5.92. The zero-order valence-corrected chi connectivity index (χ0v) is 24.5. The van der Waals surface area contributed by atoms with E-state index < -0.39 is 36.1 Å². The molecule has 218 valence electrons. The first kappa shape index (κ1) is 32.5. The van der Waals surface area contributed by atoms with Gasteiger partial charge in [0.05, 0.1) is 13.2 Å². The SMILES string of the molecule is COC(=O)[C@H](CC(C)C)NC(=O)[C@H](NC(=O)[C@H](CC(C)C)N(C)C)[C@H](Oc1ccc(C=O)cc1)c1ccccc1. The van der Waals surface area contributed by atoms with Crippen LogP contribution in [0.15, 0.2) is 54.6 Å². The number of rotatable bonds is 15. The summed E-state index contributed by atoms with van der Waals surface area (Å²) in [6.45, 7) is 7.93. The van der Waals surface area contributed by atoms with E-state index in [1.54, 1.807) is 36.4 Å². The fraction of sp³-hybridized carbons (Fsp3) is 0.484. The molecule has 0 aromatic heterocycles. The summed E-state index contributed by atoms with van der Waals surface area (Å²) in [5, 5.41) is 5.73. The third kappa shape index (κ3) is 9.79. The van der Waals surface area contributed by atoms with E-state index in [0.717, 1.165) is 6.29 Å². The molecule has 0 aliphatic heterocycles. The van der Waals surface area contributed by atoms with Gasteiger partial charge in [0.2, 0.25) is 11.8 Å². The maximum atomic E-state index is 13.9. The maximum Gasteiger partial charge on any atom is 0.328 e. The molecule has 2 aromatic rings. The Balaban J connectivity index is 2.56. The number of nitrogens with zero attached hydrogens (tertiary/aromatic N) is 1. The molecule has 0 bridgehead atoms. The molecule has 9 heteroatoms. The minimum Gasteiger partial charge on any atom is -0.483 e. The fourth-order valence-corrected chi connectivity index (χ4v) is 4.36. The van der Waals surface area contributed by atoms with Crippen LogP contribution in [0.1, 0.15) is 62.6 Å². The van der Waals surface area contributed by atoms with Crippen molar-refractivity contribution in [2.24, 2.45) is 11.8 Å². The van der Waals surface area contributed by atoms with E-state index in [4.69, 9.17) is 9.47 Å². The molecule has 0 saturated heterocycles. The second-order valence-electron chi connectivity index (χ2n) is 10.9. The van der Waals surface area contributed by atoms with Crippen LogP contribution in [-0.2, 0) is 19.1 Å². The predicted molar refractivity (Wildman–Crippen MR) is 154 cm³/mol. The lowest BCUT2D eigenvalue weighted by Gasteiger charge is -2.32. The molecule has 2 N–H and O–H groups in total. The molecule has 2 amide bonds. The molecule has 0 aliphatic rings. The molecular weight excluding hydrogens is 510 g/mol. The molecule has 0 unspecified atom stereocenters. The molecule has 2 aromatic carbocycles. The molecule has 0 saturated carbocycles. The second-order valence-corrected chi connectivity index (χ2v) is 10.9. The first-order valence-electron chi connectivity index (χ1n) is 13.6. The number of carbonyl (C=O) groups excluding carboxylic acids is 4. The molecule has 9 nitrogen and oxygen atoms in total. The zero-order valence-electron chi connectivity index (χ0n) is 24.5. The summed E-state index contributed by atoms with van der Waals surface area (Å²) in [4.78, 5) is 53.1. The number of esters is 1. The summed E-state index contributed by atoms with van der Waals surface area (Å²) in [6.07, 6.45) is 0.713. The van der Waals surface area contributed by atoms with Crippen molar-refractivity contribution in [1.82, 2.24) is 15.5 Å². The van der Waals surface area contributed by atoms with Crippen molar-refractivity contribution in [3.63, 3.8) is 0 Å². The van der Waals surface area contributed by atoms with Crippen molar-refractivity contribution < 1.29 is 28.7 Å². The Labute approximate surface area is 237 Å². The number of aldehydes is 1. The number of ether oxygens (including phenoxy) is 2. The second kappa shape index (κ2) is 15.8. The molecule has 0 heterocycles. The van der Waals surface area contributed by atoms with Gasteiger partial charge in [-0.05, 0) is 68.6 Å². The van der Waals surface area contributed by atoms with Gasteiger partial charge in [0, 0.05) is 5.56 Å². The highest BCUT2D eigenvalue weighted by Gasteiger charge is 2.37. The average Bonchev–Trinajstić information content (AvgIpc) is 2.92. The Morgan fingerprint density at radius 2 is 1.45 bits per heavy atom.